The van der Waals surface area contributed by atoms with Gasteiger partial charge in [-0.25, -0.2) is 0 Å². The highest BCUT2D eigenvalue weighted by atomic mass is 127. The molecule has 0 unspecified atom stereocenters. The van der Waals surface area contributed by atoms with Gasteiger partial charge < -0.3 is 0 Å². The smallest absolute Gasteiger partial charge is 0.282 e. The van der Waals surface area contributed by atoms with Gasteiger partial charge in [-0.1, -0.05) is 113 Å². The first-order valence-corrected chi connectivity index (χ1v) is 28.7. The van der Waals surface area contributed by atoms with Crippen LogP contribution in [0.25, 0.3) is 10.8 Å². The molecule has 8 aromatic carbocycles. The highest BCUT2D eigenvalue weighted by Crippen LogP contribution is 2.43. The minimum atomic E-state index is -4.88. The summed E-state index contributed by atoms with van der Waals surface area (Å²) in [6.45, 7) is 7.12. The Morgan fingerprint density at radius 1 is 0.462 bits per heavy atom. The van der Waals surface area contributed by atoms with Crippen molar-refractivity contribution >= 4 is 122 Å². The first kappa shape index (κ1) is 56.4. The molecule has 4 N–H and O–H groups in total. The summed E-state index contributed by atoms with van der Waals surface area (Å²) in [7, 11) is -9.76. The lowest BCUT2D eigenvalue weighted by atomic mass is 9.86. The van der Waals surface area contributed by atoms with Crippen molar-refractivity contribution in [1.29, 1.82) is 0 Å². The quantitative estimate of drug-likeness (QED) is 0.0384. The van der Waals surface area contributed by atoms with Crippen LogP contribution in [0, 0.1) is 27.4 Å². The van der Waals surface area contributed by atoms with Crippen LogP contribution in [0.1, 0.15) is 61.8 Å². The number of anilines is 4. The number of hydrazine groups is 4. The van der Waals surface area contributed by atoms with Crippen LogP contribution in [0.5, 0.6) is 0 Å². The maximum Gasteiger partial charge on any atom is 0.296 e. The first-order chi connectivity index (χ1) is 37.1. The van der Waals surface area contributed by atoms with E-state index in [-0.39, 0.29) is 34.2 Å². The topological polar surface area (TPSA) is 257 Å². The molecule has 8 aromatic rings. The molecule has 24 heteroatoms. The van der Waals surface area contributed by atoms with E-state index >= 15 is 0 Å². The van der Waals surface area contributed by atoms with Gasteiger partial charge in [0.25, 0.3) is 31.6 Å². The van der Waals surface area contributed by atoms with Crippen molar-refractivity contribution in [3.8, 4) is 0 Å². The summed E-state index contributed by atoms with van der Waals surface area (Å²) in [5.41, 5.74) is 12.6. The number of non-ortho nitro benzene ring substituents is 2. The van der Waals surface area contributed by atoms with E-state index in [4.69, 9.17) is 10.2 Å². The number of nitro benzene ring substituents is 2. The first-order valence-electron chi connectivity index (χ1n) is 23.7. The average molecular weight is 1310 g/mol. The minimum absolute atomic E-state index is 0.0444. The molecule has 0 radical (unpaired) electrons. The molecule has 0 saturated carbocycles. The number of hydrazone groups is 2. The number of benzene rings is 8. The van der Waals surface area contributed by atoms with E-state index in [0.29, 0.717) is 22.6 Å². The maximum atomic E-state index is 12.0. The molecule has 0 fully saturated rings. The summed E-state index contributed by atoms with van der Waals surface area (Å²) in [6.07, 6.45) is 0. The van der Waals surface area contributed by atoms with Crippen molar-refractivity contribution in [3.05, 3.63) is 232 Å². The second kappa shape index (κ2) is 23.9. The molecule has 0 bridgehead atoms. The highest BCUT2D eigenvalue weighted by Gasteiger charge is 2.35. The molecule has 2 aliphatic rings. The third-order valence-corrected chi connectivity index (χ3v) is 15.3. The highest BCUT2D eigenvalue weighted by molar-refractivity contribution is 14.1. The Hall–Kier alpha value is -7.76. The normalized spacial score (nSPS) is 13.3. The van der Waals surface area contributed by atoms with Gasteiger partial charge in [-0.05, 0) is 146 Å². The van der Waals surface area contributed by atoms with Gasteiger partial charge in [-0.15, -0.1) is 10.2 Å². The van der Waals surface area contributed by atoms with Gasteiger partial charge in [0.15, 0.2) is 11.7 Å². The fraction of sp³-hybridized carbons (Fsp3) is 0.111. The van der Waals surface area contributed by atoms with E-state index in [1.54, 1.807) is 76.8 Å². The summed E-state index contributed by atoms with van der Waals surface area (Å²) >= 11 is 4.50. The van der Waals surface area contributed by atoms with Crippen LogP contribution in [0.3, 0.4) is 0 Å². The Labute approximate surface area is 476 Å². The average Bonchev–Trinajstić information content (AvgIpc) is 4.18. The second-order valence-electron chi connectivity index (χ2n) is 17.8. The lowest BCUT2D eigenvalue weighted by Gasteiger charge is -2.27. The van der Waals surface area contributed by atoms with E-state index < -0.39 is 39.9 Å². The summed E-state index contributed by atoms with van der Waals surface area (Å²) in [5.74, 6) is 0.868. The third kappa shape index (κ3) is 12.8. The SMILES string of the molecule is CC(C)c1c(S(=O)(=O)O)c(S(=O)(=O)O)c2ccccc2c1C(C)C.O=[N+]([O-])c1ccc(N2NC(c3ccccc3)=NN2c2ccc(I)cc2)cc1.O=[N+]([O-])c1ccc(N2NC(c3ccccc3)=NN2c2ccc(I)cc2)cc1. The predicted molar refractivity (Wildman–Crippen MR) is 318 cm³/mol. The van der Waals surface area contributed by atoms with Gasteiger partial charge in [0, 0.05) is 47.9 Å². The summed E-state index contributed by atoms with van der Waals surface area (Å²) in [5, 5.41) is 38.9. The Morgan fingerprint density at radius 2 is 0.795 bits per heavy atom. The summed E-state index contributed by atoms with van der Waals surface area (Å²) < 4.78 is 69.6. The number of hydrogen-bond donors (Lipinski definition) is 4. The number of nitrogens with one attached hydrogen (secondary N) is 2. The fourth-order valence-corrected chi connectivity index (χ4v) is 11.6. The zero-order valence-electron chi connectivity index (χ0n) is 41.8. The second-order valence-corrected chi connectivity index (χ2v) is 23.1. The Morgan fingerprint density at radius 3 is 1.13 bits per heavy atom. The Kier molecular flexibility index (Phi) is 17.3. The number of nitrogens with zero attached hydrogens (tertiary/aromatic N) is 8. The van der Waals surface area contributed by atoms with Crippen molar-refractivity contribution < 1.29 is 35.8 Å². The Balaban J connectivity index is 0.000000155. The molecular formula is C54H48I2N10O10S2. The van der Waals surface area contributed by atoms with E-state index in [1.807, 2.05) is 123 Å². The van der Waals surface area contributed by atoms with Crippen LogP contribution in [-0.2, 0) is 20.2 Å². The lowest BCUT2D eigenvalue weighted by Crippen LogP contribution is -2.44. The zero-order valence-corrected chi connectivity index (χ0v) is 47.7. The van der Waals surface area contributed by atoms with Crippen molar-refractivity contribution in [2.24, 2.45) is 10.2 Å². The molecule has 0 amide bonds. The van der Waals surface area contributed by atoms with Gasteiger partial charge in [0.05, 0.1) is 32.6 Å². The van der Waals surface area contributed by atoms with Crippen LogP contribution in [0.2, 0.25) is 0 Å². The molecule has 0 saturated heterocycles. The molecule has 20 nitrogen and oxygen atoms in total. The standard InChI is InChI=1S/2C19H14IN5O2.C16H20O6S2/c2*20-15-6-8-16(9-7-15)23-21-19(14-4-2-1-3-5-14)22-24(23)17-10-12-18(13-11-17)25(26)27;1-9(2)13-11-7-5-6-8-12(11)15(23(17,18)19)16(24(20,21)22)14(13)10(3)4/h2*1-13H,(H,21,22);5-10H,1-4H3,(H,17,18,19)(H,20,21,22). The van der Waals surface area contributed by atoms with Gasteiger partial charge >= 0.3 is 0 Å². The number of rotatable bonds is 12. The fourth-order valence-electron chi connectivity index (χ4n) is 8.47. The molecule has 10 rings (SSSR count). The summed E-state index contributed by atoms with van der Waals surface area (Å²) in [4.78, 5) is 19.5. The van der Waals surface area contributed by atoms with Gasteiger partial charge in [-0.2, -0.15) is 37.3 Å². The molecule has 2 aliphatic heterocycles. The van der Waals surface area contributed by atoms with Crippen molar-refractivity contribution in [2.45, 2.75) is 49.3 Å². The number of fused-ring (bicyclic) bond motifs is 1. The zero-order chi connectivity index (χ0) is 56.1. The van der Waals surface area contributed by atoms with E-state index in [2.05, 4.69) is 56.0 Å². The van der Waals surface area contributed by atoms with E-state index in [0.717, 1.165) is 41.0 Å². The molecule has 0 aromatic heterocycles. The lowest BCUT2D eigenvalue weighted by molar-refractivity contribution is -0.385. The molecule has 0 aliphatic carbocycles. The molecular weight excluding hydrogens is 1270 g/mol. The third-order valence-electron chi connectivity index (χ3n) is 11.9. The molecule has 0 atom stereocenters. The molecule has 0 spiro atoms. The number of hydrogen-bond acceptors (Lipinski definition) is 16. The van der Waals surface area contributed by atoms with Crippen LogP contribution in [-0.4, -0.2) is 47.5 Å². The number of halogens is 2. The van der Waals surface area contributed by atoms with Crippen molar-refractivity contribution in [1.82, 2.24) is 10.9 Å². The van der Waals surface area contributed by atoms with Crippen molar-refractivity contribution in [2.75, 3.05) is 20.5 Å². The van der Waals surface area contributed by atoms with Crippen LogP contribution >= 0.6 is 45.2 Å². The van der Waals surface area contributed by atoms with Gasteiger partial charge in [-0.3, -0.25) is 40.2 Å². The van der Waals surface area contributed by atoms with Gasteiger partial charge in [0.1, 0.15) is 9.79 Å². The summed E-state index contributed by atoms with van der Waals surface area (Å²) in [6, 6.07) is 54.5. The van der Waals surface area contributed by atoms with Crippen LogP contribution in [0.15, 0.2) is 202 Å². The monoisotopic (exact) mass is 1310 g/mol. The van der Waals surface area contributed by atoms with E-state index in [9.17, 15) is 46.2 Å². The Bertz CT molecular complexity index is 3620. The van der Waals surface area contributed by atoms with Crippen LogP contribution < -0.4 is 31.3 Å². The predicted octanol–water partition coefficient (Wildman–Crippen LogP) is 12.2. The van der Waals surface area contributed by atoms with Crippen molar-refractivity contribution in [3.63, 3.8) is 0 Å². The van der Waals surface area contributed by atoms with Crippen LogP contribution in [0.4, 0.5) is 34.1 Å². The van der Waals surface area contributed by atoms with E-state index in [1.165, 1.54) is 30.3 Å². The maximum absolute atomic E-state index is 12.0. The molecule has 2 heterocycles. The number of amidine groups is 2. The number of nitro groups is 2. The van der Waals surface area contributed by atoms with Gasteiger partial charge in [0.2, 0.25) is 0 Å². The molecule has 400 valence electrons. The minimum Gasteiger partial charge on any atom is -0.282 e. The largest absolute Gasteiger partial charge is 0.296 e. The molecule has 78 heavy (non-hydrogen) atoms.